The summed E-state index contributed by atoms with van der Waals surface area (Å²) in [4.78, 5) is 4.60. The number of allylic oxidation sites excluding steroid dienone is 2. The van der Waals surface area contributed by atoms with Gasteiger partial charge >= 0.3 is 0 Å². The first-order valence-electron chi connectivity index (χ1n) is 5.98. The van der Waals surface area contributed by atoms with E-state index in [2.05, 4.69) is 39.6 Å². The molecule has 0 unspecified atom stereocenters. The summed E-state index contributed by atoms with van der Waals surface area (Å²) in [6, 6.07) is 0. The fraction of sp³-hybridized carbons (Fsp3) is 0.714. The zero-order valence-electron chi connectivity index (χ0n) is 11.4. The van der Waals surface area contributed by atoms with Crippen molar-refractivity contribution >= 4 is 11.4 Å². The van der Waals surface area contributed by atoms with Gasteiger partial charge in [0.25, 0.3) is 0 Å². The van der Waals surface area contributed by atoms with Crippen LogP contribution in [0.15, 0.2) is 16.8 Å². The van der Waals surface area contributed by atoms with Gasteiger partial charge in [-0.25, -0.2) is 0 Å². The molecule has 0 amide bonds. The average Bonchev–Trinajstić information content (AvgIpc) is 2.82. The summed E-state index contributed by atoms with van der Waals surface area (Å²) in [5.74, 6) is 0. The highest BCUT2D eigenvalue weighted by Crippen LogP contribution is 2.46. The van der Waals surface area contributed by atoms with E-state index in [-0.39, 0.29) is 5.41 Å². The Labute approximate surface area is 99.4 Å². The Balaban J connectivity index is 2.75. The maximum absolute atomic E-state index is 7.94. The molecule has 90 valence electrons. The number of aliphatic imine (C=N–C) groups is 1. The van der Waals surface area contributed by atoms with Gasteiger partial charge in [-0.15, -0.1) is 0 Å². The minimum atomic E-state index is -0.0891. The van der Waals surface area contributed by atoms with Gasteiger partial charge in [0.2, 0.25) is 0 Å². The van der Waals surface area contributed by atoms with Crippen molar-refractivity contribution in [3.8, 4) is 0 Å². The van der Waals surface area contributed by atoms with E-state index in [0.29, 0.717) is 11.1 Å². The number of nitrogens with one attached hydrogen (secondary N) is 1. The molecule has 0 aliphatic heterocycles. The summed E-state index contributed by atoms with van der Waals surface area (Å²) < 4.78 is 0. The summed E-state index contributed by atoms with van der Waals surface area (Å²) in [6.07, 6.45) is 4.40. The number of hydrogen-bond donors (Lipinski definition) is 1. The van der Waals surface area contributed by atoms with Crippen molar-refractivity contribution in [3.63, 3.8) is 0 Å². The van der Waals surface area contributed by atoms with Crippen molar-refractivity contribution in [1.29, 1.82) is 5.41 Å². The molecule has 0 radical (unpaired) electrons. The van der Waals surface area contributed by atoms with Crippen LogP contribution in [0.25, 0.3) is 0 Å². The summed E-state index contributed by atoms with van der Waals surface area (Å²) in [5.41, 5.74) is 3.06. The van der Waals surface area contributed by atoms with E-state index in [4.69, 9.17) is 5.41 Å². The molecule has 1 saturated carbocycles. The normalized spacial score (nSPS) is 20.9. The first-order chi connectivity index (χ1) is 7.15. The van der Waals surface area contributed by atoms with Crippen molar-refractivity contribution in [1.82, 2.24) is 0 Å². The highest BCUT2D eigenvalue weighted by Gasteiger charge is 2.40. The van der Waals surface area contributed by atoms with Crippen LogP contribution in [0.3, 0.4) is 0 Å². The van der Waals surface area contributed by atoms with Crippen molar-refractivity contribution in [2.45, 2.75) is 54.4 Å². The molecule has 0 aromatic carbocycles. The molecule has 0 atom stereocenters. The number of nitrogens with zero attached hydrogens (tertiary/aromatic N) is 1. The van der Waals surface area contributed by atoms with Crippen molar-refractivity contribution in [2.24, 2.45) is 15.8 Å². The zero-order valence-corrected chi connectivity index (χ0v) is 11.4. The summed E-state index contributed by atoms with van der Waals surface area (Å²) in [6.45, 7) is 12.5. The van der Waals surface area contributed by atoms with Gasteiger partial charge in [0.1, 0.15) is 0 Å². The third-order valence-corrected chi connectivity index (χ3v) is 3.38. The van der Waals surface area contributed by atoms with E-state index in [9.17, 15) is 0 Å². The van der Waals surface area contributed by atoms with Crippen LogP contribution in [0.1, 0.15) is 54.4 Å². The Morgan fingerprint density at radius 2 is 1.75 bits per heavy atom. The van der Waals surface area contributed by atoms with E-state index in [0.717, 1.165) is 5.70 Å². The van der Waals surface area contributed by atoms with E-state index < -0.39 is 0 Å². The zero-order chi connectivity index (χ0) is 12.6. The molecular weight excluding hydrogens is 196 g/mol. The molecular formula is C14H24N2. The molecule has 0 spiro atoms. The van der Waals surface area contributed by atoms with Crippen LogP contribution >= 0.6 is 0 Å². The standard InChI is InChI=1S/C14H24N2/c1-10(9-12(15)13(3,4)5)16-11(2)14(6)7-8-14/h9,15H,7-8H2,1-6H3/b10-9-,15-12?,16-11?. The molecule has 0 aromatic rings. The molecule has 0 saturated heterocycles. The Bertz CT molecular complexity index is 349. The van der Waals surface area contributed by atoms with Gasteiger partial charge in [0, 0.05) is 28.0 Å². The second-order valence-electron chi connectivity index (χ2n) is 6.21. The fourth-order valence-corrected chi connectivity index (χ4v) is 1.41. The van der Waals surface area contributed by atoms with Crippen LogP contribution in [0.4, 0.5) is 0 Å². The predicted octanol–water partition coefficient (Wildman–Crippen LogP) is 4.22. The van der Waals surface area contributed by atoms with Gasteiger partial charge in [-0.2, -0.15) is 0 Å². The summed E-state index contributed by atoms with van der Waals surface area (Å²) in [5, 5.41) is 7.94. The minimum absolute atomic E-state index is 0.0891. The van der Waals surface area contributed by atoms with Gasteiger partial charge < -0.3 is 5.41 Å². The van der Waals surface area contributed by atoms with Gasteiger partial charge in [-0.1, -0.05) is 27.7 Å². The third-order valence-electron chi connectivity index (χ3n) is 3.38. The van der Waals surface area contributed by atoms with E-state index >= 15 is 0 Å². The van der Waals surface area contributed by atoms with Crippen molar-refractivity contribution < 1.29 is 0 Å². The van der Waals surface area contributed by atoms with Crippen LogP contribution in [-0.2, 0) is 0 Å². The Hall–Kier alpha value is -0.920. The fourth-order valence-electron chi connectivity index (χ4n) is 1.41. The molecule has 1 N–H and O–H groups in total. The average molecular weight is 220 g/mol. The van der Waals surface area contributed by atoms with Gasteiger partial charge in [-0.3, -0.25) is 4.99 Å². The van der Waals surface area contributed by atoms with Crippen LogP contribution in [0.2, 0.25) is 0 Å². The largest absolute Gasteiger partial charge is 0.305 e. The quantitative estimate of drug-likeness (QED) is 0.691. The molecule has 0 heterocycles. The van der Waals surface area contributed by atoms with E-state index in [1.54, 1.807) is 0 Å². The van der Waals surface area contributed by atoms with E-state index in [1.807, 2.05) is 13.0 Å². The molecule has 0 bridgehead atoms. The Morgan fingerprint density at radius 3 is 2.12 bits per heavy atom. The topological polar surface area (TPSA) is 36.2 Å². The molecule has 1 aliphatic rings. The van der Waals surface area contributed by atoms with Gasteiger partial charge in [0.05, 0.1) is 0 Å². The second kappa shape index (κ2) is 4.15. The molecule has 1 rings (SSSR count). The molecule has 0 aromatic heterocycles. The lowest BCUT2D eigenvalue weighted by molar-refractivity contribution is 0.590. The lowest BCUT2D eigenvalue weighted by atomic mass is 9.89. The van der Waals surface area contributed by atoms with Gasteiger partial charge in [0.15, 0.2) is 0 Å². The SMILES string of the molecule is CC(=N/C(C)=C\C(=N)C(C)(C)C)C1(C)CC1. The van der Waals surface area contributed by atoms with Gasteiger partial charge in [-0.05, 0) is 32.8 Å². The maximum Gasteiger partial charge on any atom is 0.0390 e. The minimum Gasteiger partial charge on any atom is -0.305 e. The number of rotatable bonds is 3. The molecule has 1 fully saturated rings. The smallest absolute Gasteiger partial charge is 0.0390 e. The lowest BCUT2D eigenvalue weighted by Gasteiger charge is -2.17. The lowest BCUT2D eigenvalue weighted by Crippen LogP contribution is -2.17. The molecule has 2 nitrogen and oxygen atoms in total. The number of hydrogen-bond acceptors (Lipinski definition) is 2. The Morgan fingerprint density at radius 1 is 1.25 bits per heavy atom. The molecule has 16 heavy (non-hydrogen) atoms. The van der Waals surface area contributed by atoms with Crippen LogP contribution in [-0.4, -0.2) is 11.4 Å². The second-order valence-corrected chi connectivity index (χ2v) is 6.21. The highest BCUT2D eigenvalue weighted by molar-refractivity contribution is 5.97. The van der Waals surface area contributed by atoms with Crippen molar-refractivity contribution in [2.75, 3.05) is 0 Å². The molecule has 1 aliphatic carbocycles. The highest BCUT2D eigenvalue weighted by atomic mass is 14.8. The predicted molar refractivity (Wildman–Crippen MR) is 71.4 cm³/mol. The van der Waals surface area contributed by atoms with Crippen LogP contribution < -0.4 is 0 Å². The monoisotopic (exact) mass is 220 g/mol. The Kier molecular flexibility index (Phi) is 3.41. The van der Waals surface area contributed by atoms with Crippen LogP contribution in [0, 0.1) is 16.2 Å². The summed E-state index contributed by atoms with van der Waals surface area (Å²) >= 11 is 0. The maximum atomic E-state index is 7.94. The van der Waals surface area contributed by atoms with E-state index in [1.165, 1.54) is 18.6 Å². The third kappa shape index (κ3) is 3.29. The van der Waals surface area contributed by atoms with Crippen LogP contribution in [0.5, 0.6) is 0 Å². The first kappa shape index (κ1) is 13.1. The summed E-state index contributed by atoms with van der Waals surface area (Å²) in [7, 11) is 0. The van der Waals surface area contributed by atoms with Crippen molar-refractivity contribution in [3.05, 3.63) is 11.8 Å². The molecule has 2 heteroatoms. The first-order valence-corrected chi connectivity index (χ1v) is 5.98.